The molecule has 0 unspecified atom stereocenters. The summed E-state index contributed by atoms with van der Waals surface area (Å²) in [6.07, 6.45) is -0.527. The number of carboxylic acids is 1. The summed E-state index contributed by atoms with van der Waals surface area (Å²) in [5.41, 5.74) is 3.64. The number of anilines is 1. The molecule has 5 nitrogen and oxygen atoms in total. The van der Waals surface area contributed by atoms with Crippen molar-refractivity contribution in [2.24, 2.45) is 0 Å². The van der Waals surface area contributed by atoms with E-state index in [9.17, 15) is 15.0 Å². The SMILES string of the molecule is O=C(O)[C@H](O)c1ccccc1[C@H]1NCC[C@@H]2Nc3c(Br)cccc3[C@H]21. The third-order valence-electron chi connectivity index (χ3n) is 5.21. The first-order chi connectivity index (χ1) is 12.1. The van der Waals surface area contributed by atoms with Crippen LogP contribution in [-0.4, -0.2) is 28.8 Å². The molecule has 0 amide bonds. The van der Waals surface area contributed by atoms with E-state index >= 15 is 0 Å². The normalized spacial score (nSPS) is 25.6. The lowest BCUT2D eigenvalue weighted by Gasteiger charge is -2.36. The number of halogens is 1. The lowest BCUT2D eigenvalue weighted by molar-refractivity contribution is -0.147. The first-order valence-electron chi connectivity index (χ1n) is 8.36. The molecule has 4 N–H and O–H groups in total. The molecule has 0 saturated carbocycles. The third-order valence-corrected chi connectivity index (χ3v) is 5.87. The minimum Gasteiger partial charge on any atom is -0.479 e. The average molecular weight is 403 g/mol. The Hall–Kier alpha value is -1.89. The molecule has 2 aliphatic heterocycles. The molecule has 1 fully saturated rings. The number of aliphatic hydroxyl groups excluding tert-OH is 1. The van der Waals surface area contributed by atoms with Crippen LogP contribution in [0.3, 0.4) is 0 Å². The maximum atomic E-state index is 11.3. The number of para-hydroxylation sites is 1. The van der Waals surface area contributed by atoms with Gasteiger partial charge in [-0.3, -0.25) is 0 Å². The molecule has 1 saturated heterocycles. The number of aliphatic hydroxyl groups is 1. The maximum Gasteiger partial charge on any atom is 0.337 e. The highest BCUT2D eigenvalue weighted by atomic mass is 79.9. The van der Waals surface area contributed by atoms with Gasteiger partial charge in [0.1, 0.15) is 0 Å². The zero-order valence-electron chi connectivity index (χ0n) is 13.4. The number of carboxylic acid groups (broad SMARTS) is 1. The quantitative estimate of drug-likeness (QED) is 0.633. The maximum absolute atomic E-state index is 11.3. The largest absolute Gasteiger partial charge is 0.479 e. The van der Waals surface area contributed by atoms with Crippen molar-refractivity contribution in [3.63, 3.8) is 0 Å². The van der Waals surface area contributed by atoms with Crippen LogP contribution < -0.4 is 10.6 Å². The van der Waals surface area contributed by atoms with Crippen molar-refractivity contribution in [3.8, 4) is 0 Å². The molecular formula is C19H19BrN2O3. The monoisotopic (exact) mass is 402 g/mol. The average Bonchev–Trinajstić information content (AvgIpc) is 3.01. The molecule has 4 rings (SSSR count). The first-order valence-corrected chi connectivity index (χ1v) is 9.15. The Bertz CT molecular complexity index is 826. The van der Waals surface area contributed by atoms with Gasteiger partial charge in [0.2, 0.25) is 0 Å². The molecule has 4 atom stereocenters. The standard InChI is InChI=1S/C19H19BrN2O3/c20-13-7-3-6-12-15-14(22-16(12)13)8-9-21-17(15)10-4-1-2-5-11(10)18(23)19(24)25/h1-7,14-15,17-18,21-23H,8-9H2,(H,24,25)/t14-,15+,17+,18+/m0/s1. The van der Waals surface area contributed by atoms with Crippen LogP contribution in [0.25, 0.3) is 0 Å². The van der Waals surface area contributed by atoms with Crippen LogP contribution in [-0.2, 0) is 4.79 Å². The van der Waals surface area contributed by atoms with E-state index in [0.717, 1.165) is 28.7 Å². The van der Waals surface area contributed by atoms with Crippen LogP contribution in [0.1, 0.15) is 41.2 Å². The molecule has 0 bridgehead atoms. The Morgan fingerprint density at radius 3 is 2.72 bits per heavy atom. The zero-order chi connectivity index (χ0) is 17.6. The van der Waals surface area contributed by atoms with Crippen molar-refractivity contribution in [2.45, 2.75) is 30.5 Å². The smallest absolute Gasteiger partial charge is 0.337 e. The number of nitrogens with one attached hydrogen (secondary N) is 2. The fourth-order valence-electron chi connectivity index (χ4n) is 4.13. The minimum atomic E-state index is -1.52. The van der Waals surface area contributed by atoms with Gasteiger partial charge in [-0.15, -0.1) is 0 Å². The van der Waals surface area contributed by atoms with Gasteiger partial charge >= 0.3 is 5.97 Å². The van der Waals surface area contributed by atoms with Crippen molar-refractivity contribution in [1.82, 2.24) is 5.32 Å². The number of hydrogen-bond acceptors (Lipinski definition) is 4. The van der Waals surface area contributed by atoms with Gasteiger partial charge in [-0.1, -0.05) is 36.4 Å². The summed E-state index contributed by atoms with van der Waals surface area (Å²) in [7, 11) is 0. The molecule has 2 heterocycles. The van der Waals surface area contributed by atoms with E-state index in [2.05, 4.69) is 32.6 Å². The van der Waals surface area contributed by atoms with Gasteiger partial charge in [-0.2, -0.15) is 0 Å². The Labute approximate surface area is 154 Å². The van der Waals surface area contributed by atoms with E-state index in [-0.39, 0.29) is 18.0 Å². The second-order valence-electron chi connectivity index (χ2n) is 6.57. The van der Waals surface area contributed by atoms with Crippen molar-refractivity contribution in [2.75, 3.05) is 11.9 Å². The van der Waals surface area contributed by atoms with E-state index in [1.54, 1.807) is 12.1 Å². The fourth-order valence-corrected chi connectivity index (χ4v) is 4.62. The van der Waals surface area contributed by atoms with Crippen molar-refractivity contribution < 1.29 is 15.0 Å². The number of benzene rings is 2. The van der Waals surface area contributed by atoms with Crippen LogP contribution in [0.5, 0.6) is 0 Å². The second-order valence-corrected chi connectivity index (χ2v) is 7.43. The summed E-state index contributed by atoms with van der Waals surface area (Å²) in [5, 5.41) is 26.5. The Morgan fingerprint density at radius 1 is 1.16 bits per heavy atom. The second kappa shape index (κ2) is 6.44. The predicted octanol–water partition coefficient (Wildman–Crippen LogP) is 3.18. The molecule has 6 heteroatoms. The van der Waals surface area contributed by atoms with Crippen LogP contribution in [0.2, 0.25) is 0 Å². The summed E-state index contributed by atoms with van der Waals surface area (Å²) in [6.45, 7) is 0.835. The number of hydrogen-bond donors (Lipinski definition) is 4. The van der Waals surface area contributed by atoms with E-state index in [0.29, 0.717) is 5.56 Å². The van der Waals surface area contributed by atoms with Gasteiger partial charge in [-0.25, -0.2) is 4.79 Å². The molecular weight excluding hydrogens is 384 g/mol. The molecule has 0 aliphatic carbocycles. The number of aliphatic carboxylic acids is 1. The Balaban J connectivity index is 1.80. The highest BCUT2D eigenvalue weighted by molar-refractivity contribution is 9.10. The van der Waals surface area contributed by atoms with Gasteiger partial charge in [0, 0.05) is 22.5 Å². The van der Waals surface area contributed by atoms with E-state index in [4.69, 9.17) is 0 Å². The van der Waals surface area contributed by atoms with Crippen LogP contribution in [0.4, 0.5) is 5.69 Å². The number of carbonyl (C=O) groups is 1. The van der Waals surface area contributed by atoms with Gasteiger partial charge in [0.25, 0.3) is 0 Å². The molecule has 2 aliphatic rings. The molecule has 25 heavy (non-hydrogen) atoms. The highest BCUT2D eigenvalue weighted by Crippen LogP contribution is 2.49. The summed E-state index contributed by atoms with van der Waals surface area (Å²) >= 11 is 3.61. The summed E-state index contributed by atoms with van der Waals surface area (Å²) < 4.78 is 1.04. The Morgan fingerprint density at radius 2 is 1.92 bits per heavy atom. The topological polar surface area (TPSA) is 81.6 Å². The predicted molar refractivity (Wildman–Crippen MR) is 98.7 cm³/mol. The summed E-state index contributed by atoms with van der Waals surface area (Å²) in [6, 6.07) is 13.7. The van der Waals surface area contributed by atoms with Crippen molar-refractivity contribution in [3.05, 3.63) is 63.6 Å². The molecule has 0 spiro atoms. The van der Waals surface area contributed by atoms with Crippen LogP contribution >= 0.6 is 15.9 Å². The summed E-state index contributed by atoms with van der Waals surface area (Å²) in [4.78, 5) is 11.3. The lowest BCUT2D eigenvalue weighted by Crippen LogP contribution is -2.42. The Kier molecular flexibility index (Phi) is 4.27. The van der Waals surface area contributed by atoms with Gasteiger partial charge in [-0.05, 0) is 51.7 Å². The number of rotatable bonds is 3. The van der Waals surface area contributed by atoms with Gasteiger partial charge < -0.3 is 20.8 Å². The van der Waals surface area contributed by atoms with Crippen molar-refractivity contribution in [1.29, 1.82) is 0 Å². The fraction of sp³-hybridized carbons (Fsp3) is 0.316. The molecule has 0 aromatic heterocycles. The van der Waals surface area contributed by atoms with Crippen molar-refractivity contribution >= 4 is 27.6 Å². The molecule has 2 aromatic carbocycles. The summed E-state index contributed by atoms with van der Waals surface area (Å²) in [5.74, 6) is -1.05. The third kappa shape index (κ3) is 2.74. The number of piperidine rings is 1. The van der Waals surface area contributed by atoms with Gasteiger partial charge in [0.05, 0.1) is 5.69 Å². The van der Waals surface area contributed by atoms with Crippen LogP contribution in [0.15, 0.2) is 46.9 Å². The van der Waals surface area contributed by atoms with E-state index in [1.807, 2.05) is 24.3 Å². The molecule has 130 valence electrons. The molecule has 2 aromatic rings. The van der Waals surface area contributed by atoms with Crippen LogP contribution in [0, 0.1) is 0 Å². The zero-order valence-corrected chi connectivity index (χ0v) is 15.0. The lowest BCUT2D eigenvalue weighted by atomic mass is 9.78. The molecule has 0 radical (unpaired) electrons. The van der Waals surface area contributed by atoms with E-state index in [1.165, 1.54) is 5.56 Å². The number of fused-ring (bicyclic) bond motifs is 3. The van der Waals surface area contributed by atoms with E-state index < -0.39 is 12.1 Å². The highest BCUT2D eigenvalue weighted by Gasteiger charge is 2.42. The van der Waals surface area contributed by atoms with Gasteiger partial charge in [0.15, 0.2) is 6.10 Å². The minimum absolute atomic E-state index is 0.0491. The first kappa shape index (κ1) is 16.6.